The van der Waals surface area contributed by atoms with Crippen LogP contribution in [-0.2, 0) is 23.9 Å². The average Bonchev–Trinajstić information content (AvgIpc) is 2.99. The van der Waals surface area contributed by atoms with Crippen molar-refractivity contribution in [3.05, 3.63) is 0 Å². The van der Waals surface area contributed by atoms with Gasteiger partial charge in [-0.1, -0.05) is 149 Å². The molecular formula is C35H66N2O6. The van der Waals surface area contributed by atoms with Crippen LogP contribution in [0.1, 0.15) is 181 Å². The fraction of sp³-hybridized carbons (Fsp3) is 0.886. The number of aliphatic carboxylic acids is 1. The Hall–Kier alpha value is -2.12. The van der Waals surface area contributed by atoms with E-state index >= 15 is 0 Å². The summed E-state index contributed by atoms with van der Waals surface area (Å²) < 4.78 is 5.33. The van der Waals surface area contributed by atoms with Gasteiger partial charge in [0.15, 0.2) is 0 Å². The van der Waals surface area contributed by atoms with Crippen molar-refractivity contribution in [1.82, 2.24) is 10.6 Å². The molecule has 0 radical (unpaired) electrons. The van der Waals surface area contributed by atoms with Gasteiger partial charge in [-0.25, -0.2) is 0 Å². The molecule has 252 valence electrons. The highest BCUT2D eigenvalue weighted by Crippen LogP contribution is 2.13. The predicted molar refractivity (Wildman–Crippen MR) is 175 cm³/mol. The van der Waals surface area contributed by atoms with Gasteiger partial charge in [0.2, 0.25) is 11.8 Å². The van der Waals surface area contributed by atoms with Crippen molar-refractivity contribution in [2.45, 2.75) is 187 Å². The molecule has 0 fully saturated rings. The highest BCUT2D eigenvalue weighted by Gasteiger charge is 2.22. The molecule has 0 heterocycles. The Morgan fingerprint density at radius 1 is 0.558 bits per heavy atom. The fourth-order valence-corrected chi connectivity index (χ4v) is 5.15. The number of ether oxygens (including phenoxy) is 1. The minimum absolute atomic E-state index is 0.232. The van der Waals surface area contributed by atoms with Crippen LogP contribution in [0.3, 0.4) is 0 Å². The van der Waals surface area contributed by atoms with E-state index in [0.717, 1.165) is 38.5 Å². The molecule has 43 heavy (non-hydrogen) atoms. The lowest BCUT2D eigenvalue weighted by atomic mass is 10.1. The highest BCUT2D eigenvalue weighted by atomic mass is 16.5. The molecule has 0 aliphatic rings. The first kappa shape index (κ1) is 40.9. The summed E-state index contributed by atoms with van der Waals surface area (Å²) in [5, 5.41) is 14.2. The summed E-state index contributed by atoms with van der Waals surface area (Å²) in [6.07, 6.45) is 27.7. The zero-order valence-corrected chi connectivity index (χ0v) is 27.9. The molecule has 3 N–H and O–H groups in total. The third kappa shape index (κ3) is 29.7. The maximum Gasteiger partial charge on any atom is 0.305 e. The number of carbonyl (C=O) groups is 4. The number of amides is 2. The van der Waals surface area contributed by atoms with Gasteiger partial charge >= 0.3 is 11.9 Å². The molecule has 0 aliphatic carbocycles. The molecule has 0 aromatic carbocycles. The first-order valence-corrected chi connectivity index (χ1v) is 17.8. The topological polar surface area (TPSA) is 122 Å². The lowest BCUT2D eigenvalue weighted by Gasteiger charge is -2.18. The average molecular weight is 611 g/mol. The van der Waals surface area contributed by atoms with Crippen LogP contribution in [0.25, 0.3) is 0 Å². The van der Waals surface area contributed by atoms with Crippen LogP contribution < -0.4 is 10.6 Å². The van der Waals surface area contributed by atoms with E-state index < -0.39 is 23.8 Å². The van der Waals surface area contributed by atoms with Crippen LogP contribution in [0.15, 0.2) is 0 Å². The zero-order valence-electron chi connectivity index (χ0n) is 27.9. The summed E-state index contributed by atoms with van der Waals surface area (Å²) in [6.45, 7) is 4.71. The third-order valence-corrected chi connectivity index (χ3v) is 7.94. The second kappa shape index (κ2) is 31.3. The number of carbonyl (C=O) groups excluding carboxylic acids is 3. The van der Waals surface area contributed by atoms with E-state index in [9.17, 15) is 19.2 Å². The van der Waals surface area contributed by atoms with Crippen LogP contribution >= 0.6 is 0 Å². The smallest absolute Gasteiger partial charge is 0.305 e. The summed E-state index contributed by atoms with van der Waals surface area (Å²) in [5.74, 6) is -2.42. The van der Waals surface area contributed by atoms with Crippen LogP contribution in [0.4, 0.5) is 0 Å². The Morgan fingerprint density at radius 3 is 1.42 bits per heavy atom. The normalized spacial score (nSPS) is 11.7. The lowest BCUT2D eigenvalue weighted by molar-refractivity contribution is -0.146. The number of esters is 1. The number of carboxylic acid groups (broad SMARTS) is 1. The number of hydrogen-bond acceptors (Lipinski definition) is 5. The summed E-state index contributed by atoms with van der Waals surface area (Å²) in [5.41, 5.74) is 0. The number of unbranched alkanes of at least 4 members (excludes halogenated alkanes) is 21. The van der Waals surface area contributed by atoms with Crippen LogP contribution in [0.2, 0.25) is 0 Å². The van der Waals surface area contributed by atoms with Gasteiger partial charge in [-0.15, -0.1) is 0 Å². The standard InChI is InChI=1S/C35H66N2O6/c1-3-5-7-9-11-13-15-17-19-21-23-25-29-36-35(42)31(37-32(38)27-28-33(39)40)30-43-34(41)26-24-22-20-18-16-14-12-10-8-6-4-2/h31H,3-30H2,1-2H3,(H,36,42)(H,37,38)(H,39,40)/t31-/m0/s1. The van der Waals surface area contributed by atoms with Crippen molar-refractivity contribution in [2.75, 3.05) is 13.2 Å². The zero-order chi connectivity index (χ0) is 31.8. The van der Waals surface area contributed by atoms with E-state index in [1.54, 1.807) is 0 Å². The largest absolute Gasteiger partial charge is 0.481 e. The molecule has 0 saturated carbocycles. The molecular weight excluding hydrogens is 544 g/mol. The molecule has 8 heteroatoms. The number of nitrogens with one attached hydrogen (secondary N) is 2. The van der Waals surface area contributed by atoms with Gasteiger partial charge in [0.05, 0.1) is 6.42 Å². The Balaban J connectivity index is 4.16. The number of rotatable bonds is 32. The fourth-order valence-electron chi connectivity index (χ4n) is 5.15. The van der Waals surface area contributed by atoms with E-state index in [1.165, 1.54) is 109 Å². The van der Waals surface area contributed by atoms with Gasteiger partial charge in [0, 0.05) is 19.4 Å². The van der Waals surface area contributed by atoms with Crippen molar-refractivity contribution >= 4 is 23.8 Å². The van der Waals surface area contributed by atoms with E-state index in [1.807, 2.05) is 0 Å². The van der Waals surface area contributed by atoms with Crippen molar-refractivity contribution < 1.29 is 29.0 Å². The maximum atomic E-state index is 12.8. The second-order valence-electron chi connectivity index (χ2n) is 12.2. The van der Waals surface area contributed by atoms with E-state index in [0.29, 0.717) is 6.54 Å². The molecule has 0 unspecified atom stereocenters. The molecule has 0 aromatic rings. The highest BCUT2D eigenvalue weighted by molar-refractivity contribution is 5.89. The summed E-state index contributed by atoms with van der Waals surface area (Å²) in [4.78, 5) is 48.0. The van der Waals surface area contributed by atoms with Gasteiger partial charge in [-0.2, -0.15) is 0 Å². The molecule has 0 rings (SSSR count). The van der Waals surface area contributed by atoms with E-state index in [4.69, 9.17) is 9.84 Å². The lowest BCUT2D eigenvalue weighted by Crippen LogP contribution is -2.50. The SMILES string of the molecule is CCCCCCCCCCCCCCNC(=O)[C@H](COC(=O)CCCCCCCCCCCCC)NC(=O)CCC(=O)O. The Kier molecular flexibility index (Phi) is 29.8. The van der Waals surface area contributed by atoms with Crippen LogP contribution in [0, 0.1) is 0 Å². The minimum atomic E-state index is -1.08. The molecule has 2 amide bonds. The summed E-state index contributed by atoms with van der Waals surface area (Å²) in [6, 6.07) is -1.03. The predicted octanol–water partition coefficient (Wildman–Crippen LogP) is 8.40. The van der Waals surface area contributed by atoms with Gasteiger partial charge in [0.25, 0.3) is 0 Å². The Bertz CT molecular complexity index is 700. The summed E-state index contributed by atoms with van der Waals surface area (Å²) >= 11 is 0. The molecule has 8 nitrogen and oxygen atoms in total. The maximum absolute atomic E-state index is 12.8. The van der Waals surface area contributed by atoms with E-state index in [2.05, 4.69) is 24.5 Å². The van der Waals surface area contributed by atoms with Crippen LogP contribution in [-0.4, -0.2) is 48.1 Å². The van der Waals surface area contributed by atoms with Gasteiger partial charge < -0.3 is 20.5 Å². The monoisotopic (exact) mass is 610 g/mol. The second-order valence-corrected chi connectivity index (χ2v) is 12.2. The van der Waals surface area contributed by atoms with Crippen molar-refractivity contribution in [1.29, 1.82) is 0 Å². The van der Waals surface area contributed by atoms with Gasteiger partial charge in [0.1, 0.15) is 12.6 Å². The summed E-state index contributed by atoms with van der Waals surface area (Å²) in [7, 11) is 0. The quantitative estimate of drug-likeness (QED) is 0.0519. The molecule has 0 aromatic heterocycles. The first-order chi connectivity index (χ1) is 20.9. The molecule has 0 saturated heterocycles. The van der Waals surface area contributed by atoms with Gasteiger partial charge in [-0.3, -0.25) is 19.2 Å². The third-order valence-electron chi connectivity index (χ3n) is 7.94. The Labute approximate surface area is 263 Å². The van der Waals surface area contributed by atoms with Crippen molar-refractivity contribution in [2.24, 2.45) is 0 Å². The number of carboxylic acids is 1. The van der Waals surface area contributed by atoms with Gasteiger partial charge in [-0.05, 0) is 12.8 Å². The first-order valence-electron chi connectivity index (χ1n) is 17.8. The molecule has 0 bridgehead atoms. The minimum Gasteiger partial charge on any atom is -0.481 e. The van der Waals surface area contributed by atoms with E-state index in [-0.39, 0.29) is 31.8 Å². The van der Waals surface area contributed by atoms with Crippen LogP contribution in [0.5, 0.6) is 0 Å². The molecule has 0 aliphatic heterocycles. The number of hydrogen-bond donors (Lipinski definition) is 3. The Morgan fingerprint density at radius 2 is 0.977 bits per heavy atom. The molecule has 0 spiro atoms. The van der Waals surface area contributed by atoms with Crippen molar-refractivity contribution in [3.8, 4) is 0 Å². The molecule has 1 atom stereocenters. The van der Waals surface area contributed by atoms with Crippen molar-refractivity contribution in [3.63, 3.8) is 0 Å².